The summed E-state index contributed by atoms with van der Waals surface area (Å²) in [6, 6.07) is 3.76. The van der Waals surface area contributed by atoms with Gasteiger partial charge in [0.2, 0.25) is 5.91 Å². The van der Waals surface area contributed by atoms with Gasteiger partial charge in [-0.25, -0.2) is 0 Å². The first-order valence-electron chi connectivity index (χ1n) is 7.20. The summed E-state index contributed by atoms with van der Waals surface area (Å²) < 4.78 is 5.57. The summed E-state index contributed by atoms with van der Waals surface area (Å²) in [6.07, 6.45) is 3.90. The Morgan fingerprint density at radius 2 is 2.37 bits per heavy atom. The van der Waals surface area contributed by atoms with Gasteiger partial charge >= 0.3 is 0 Å². The molecule has 0 aromatic carbocycles. The summed E-state index contributed by atoms with van der Waals surface area (Å²) in [5, 5.41) is 6.47. The Kier molecular flexibility index (Phi) is 4.30. The molecule has 0 aliphatic carbocycles. The molecular formula is C15H24N2O2. The molecule has 1 aromatic rings. The lowest BCUT2D eigenvalue weighted by Gasteiger charge is -2.29. The van der Waals surface area contributed by atoms with E-state index in [1.807, 2.05) is 26.0 Å². The van der Waals surface area contributed by atoms with E-state index in [2.05, 4.69) is 17.6 Å². The molecule has 1 saturated heterocycles. The molecule has 1 aliphatic rings. The zero-order chi connectivity index (χ0) is 13.9. The Labute approximate surface area is 114 Å². The maximum Gasteiger partial charge on any atom is 0.240 e. The van der Waals surface area contributed by atoms with Crippen LogP contribution in [0.3, 0.4) is 0 Å². The van der Waals surface area contributed by atoms with Crippen LogP contribution in [0, 0.1) is 6.92 Å². The van der Waals surface area contributed by atoms with Crippen LogP contribution in [0.15, 0.2) is 16.5 Å². The molecule has 1 aromatic heterocycles. The van der Waals surface area contributed by atoms with Crippen molar-refractivity contribution in [1.29, 1.82) is 0 Å². The number of carbonyl (C=O) groups excluding carboxylic acids is 1. The van der Waals surface area contributed by atoms with E-state index in [0.29, 0.717) is 0 Å². The van der Waals surface area contributed by atoms with E-state index in [1.54, 1.807) is 0 Å². The normalized spacial score (nSPS) is 24.4. The van der Waals surface area contributed by atoms with E-state index in [1.165, 1.54) is 0 Å². The first kappa shape index (κ1) is 14.1. The summed E-state index contributed by atoms with van der Waals surface area (Å²) in [5.41, 5.74) is -0.370. The molecule has 19 heavy (non-hydrogen) atoms. The first-order chi connectivity index (χ1) is 9.07. The summed E-state index contributed by atoms with van der Waals surface area (Å²) in [6.45, 7) is 6.93. The van der Waals surface area contributed by atoms with Crippen LogP contribution in [0.25, 0.3) is 0 Å². The summed E-state index contributed by atoms with van der Waals surface area (Å²) in [4.78, 5) is 12.5. The van der Waals surface area contributed by atoms with Crippen LogP contribution in [0.2, 0.25) is 0 Å². The highest BCUT2D eigenvalue weighted by Gasteiger charge is 2.40. The number of nitrogens with one attached hydrogen (secondary N) is 2. The number of furan rings is 1. The molecule has 2 rings (SSSR count). The van der Waals surface area contributed by atoms with Gasteiger partial charge in [-0.15, -0.1) is 0 Å². The zero-order valence-electron chi connectivity index (χ0n) is 12.1. The Morgan fingerprint density at radius 3 is 2.89 bits per heavy atom. The van der Waals surface area contributed by atoms with Gasteiger partial charge in [-0.1, -0.05) is 13.3 Å². The standard InChI is InChI=1S/C15H24N2O2/c1-4-8-15(9-5-10-16-15)14(18)17-12(3)13-7-6-11(2)19-13/h6-7,12,16H,4-5,8-10H2,1-3H3,(H,17,18). The van der Waals surface area contributed by atoms with Gasteiger partial charge in [0.05, 0.1) is 11.6 Å². The summed E-state index contributed by atoms with van der Waals surface area (Å²) >= 11 is 0. The van der Waals surface area contributed by atoms with Crippen LogP contribution in [-0.4, -0.2) is 18.0 Å². The fourth-order valence-electron chi connectivity index (χ4n) is 2.85. The molecule has 2 heterocycles. The smallest absolute Gasteiger partial charge is 0.240 e. The molecule has 4 nitrogen and oxygen atoms in total. The van der Waals surface area contributed by atoms with E-state index in [-0.39, 0.29) is 17.5 Å². The van der Waals surface area contributed by atoms with Crippen molar-refractivity contribution in [3.63, 3.8) is 0 Å². The van der Waals surface area contributed by atoms with E-state index in [0.717, 1.165) is 43.7 Å². The van der Waals surface area contributed by atoms with E-state index in [4.69, 9.17) is 4.42 Å². The van der Waals surface area contributed by atoms with Gasteiger partial charge in [0.1, 0.15) is 11.5 Å². The molecule has 1 amide bonds. The van der Waals surface area contributed by atoms with Crippen molar-refractivity contribution in [2.75, 3.05) is 6.54 Å². The van der Waals surface area contributed by atoms with E-state index >= 15 is 0 Å². The molecule has 0 radical (unpaired) electrons. The Morgan fingerprint density at radius 1 is 1.58 bits per heavy atom. The summed E-state index contributed by atoms with van der Waals surface area (Å²) in [7, 11) is 0. The molecule has 2 unspecified atom stereocenters. The van der Waals surface area contributed by atoms with Crippen LogP contribution in [0.1, 0.15) is 57.1 Å². The molecule has 2 N–H and O–H groups in total. The van der Waals surface area contributed by atoms with Gasteiger partial charge < -0.3 is 15.1 Å². The predicted octanol–water partition coefficient (Wildman–Crippen LogP) is 2.69. The van der Waals surface area contributed by atoms with Crippen molar-refractivity contribution in [1.82, 2.24) is 10.6 Å². The van der Waals surface area contributed by atoms with Crippen LogP contribution >= 0.6 is 0 Å². The lowest BCUT2D eigenvalue weighted by molar-refractivity contribution is -0.128. The molecule has 2 atom stereocenters. The topological polar surface area (TPSA) is 54.3 Å². The monoisotopic (exact) mass is 264 g/mol. The lowest BCUT2D eigenvalue weighted by atomic mass is 9.90. The third kappa shape index (κ3) is 3.00. The number of rotatable bonds is 5. The minimum Gasteiger partial charge on any atom is -0.464 e. The van der Waals surface area contributed by atoms with Crippen molar-refractivity contribution in [3.05, 3.63) is 23.7 Å². The van der Waals surface area contributed by atoms with Crippen LogP contribution < -0.4 is 10.6 Å². The first-order valence-corrected chi connectivity index (χ1v) is 7.20. The second-order valence-electron chi connectivity index (χ2n) is 5.51. The Bertz CT molecular complexity index is 433. The number of aryl methyl sites for hydroxylation is 1. The fraction of sp³-hybridized carbons (Fsp3) is 0.667. The minimum absolute atomic E-state index is 0.0858. The van der Waals surface area contributed by atoms with Crippen molar-refractivity contribution in [2.24, 2.45) is 0 Å². The Hall–Kier alpha value is -1.29. The second kappa shape index (κ2) is 5.78. The molecule has 106 valence electrons. The maximum absolute atomic E-state index is 12.5. The van der Waals surface area contributed by atoms with Crippen molar-refractivity contribution in [2.45, 2.75) is 58.0 Å². The molecule has 1 fully saturated rings. The van der Waals surface area contributed by atoms with Crippen molar-refractivity contribution in [3.8, 4) is 0 Å². The minimum atomic E-state index is -0.370. The molecular weight excluding hydrogens is 240 g/mol. The van der Waals surface area contributed by atoms with Crippen molar-refractivity contribution >= 4 is 5.91 Å². The second-order valence-corrected chi connectivity index (χ2v) is 5.51. The molecule has 0 spiro atoms. The molecule has 4 heteroatoms. The number of carbonyl (C=O) groups is 1. The largest absolute Gasteiger partial charge is 0.464 e. The maximum atomic E-state index is 12.5. The highest BCUT2D eigenvalue weighted by atomic mass is 16.3. The predicted molar refractivity (Wildman–Crippen MR) is 74.9 cm³/mol. The van der Waals surface area contributed by atoms with E-state index < -0.39 is 0 Å². The van der Waals surface area contributed by atoms with Gasteiger partial charge in [0.25, 0.3) is 0 Å². The van der Waals surface area contributed by atoms with Gasteiger partial charge in [-0.2, -0.15) is 0 Å². The molecule has 0 bridgehead atoms. The van der Waals surface area contributed by atoms with Gasteiger partial charge in [0, 0.05) is 0 Å². The average molecular weight is 264 g/mol. The average Bonchev–Trinajstić information content (AvgIpc) is 2.99. The SMILES string of the molecule is CCCC1(C(=O)NC(C)c2ccc(C)o2)CCCN1. The third-order valence-corrected chi connectivity index (χ3v) is 3.89. The quantitative estimate of drug-likeness (QED) is 0.859. The van der Waals surface area contributed by atoms with Crippen LogP contribution in [0.5, 0.6) is 0 Å². The highest BCUT2D eigenvalue weighted by molar-refractivity contribution is 5.87. The number of hydrogen-bond donors (Lipinski definition) is 2. The number of amides is 1. The van der Waals surface area contributed by atoms with Crippen molar-refractivity contribution < 1.29 is 9.21 Å². The fourth-order valence-corrected chi connectivity index (χ4v) is 2.85. The highest BCUT2D eigenvalue weighted by Crippen LogP contribution is 2.26. The molecule has 0 saturated carbocycles. The van der Waals surface area contributed by atoms with Gasteiger partial charge in [-0.05, 0) is 51.8 Å². The lowest BCUT2D eigenvalue weighted by Crippen LogP contribution is -2.53. The number of hydrogen-bond acceptors (Lipinski definition) is 3. The van der Waals surface area contributed by atoms with Crippen LogP contribution in [0.4, 0.5) is 0 Å². The Balaban J connectivity index is 2.03. The zero-order valence-corrected chi connectivity index (χ0v) is 12.1. The summed E-state index contributed by atoms with van der Waals surface area (Å²) in [5.74, 6) is 1.79. The van der Waals surface area contributed by atoms with Gasteiger partial charge in [0.15, 0.2) is 0 Å². The third-order valence-electron chi connectivity index (χ3n) is 3.89. The van der Waals surface area contributed by atoms with Crippen LogP contribution in [-0.2, 0) is 4.79 Å². The van der Waals surface area contributed by atoms with Gasteiger partial charge in [-0.3, -0.25) is 4.79 Å². The molecule has 1 aliphatic heterocycles. The van der Waals surface area contributed by atoms with E-state index in [9.17, 15) is 4.79 Å².